The Hall–Kier alpha value is -3.26. The lowest BCUT2D eigenvalue weighted by atomic mass is 10.2. The van der Waals surface area contributed by atoms with Crippen LogP contribution >= 0.6 is 0 Å². The van der Waals surface area contributed by atoms with E-state index in [1.54, 1.807) is 36.4 Å². The van der Waals surface area contributed by atoms with Gasteiger partial charge in [0.2, 0.25) is 17.7 Å². The van der Waals surface area contributed by atoms with Gasteiger partial charge in [0.15, 0.2) is 0 Å². The van der Waals surface area contributed by atoms with E-state index in [4.69, 9.17) is 5.73 Å². The molecule has 29 heavy (non-hydrogen) atoms. The molecule has 0 radical (unpaired) electrons. The fraction of sp³-hybridized carbons (Fsp3) is 0.286. The first-order chi connectivity index (χ1) is 13.9. The summed E-state index contributed by atoms with van der Waals surface area (Å²) in [4.78, 5) is 37.1. The number of amides is 3. The molecule has 0 saturated heterocycles. The summed E-state index contributed by atoms with van der Waals surface area (Å²) in [5.74, 6) is -1.21. The molecular weight excluding hydrogens is 375 g/mol. The van der Waals surface area contributed by atoms with Gasteiger partial charge in [0.1, 0.15) is 5.82 Å². The van der Waals surface area contributed by atoms with E-state index >= 15 is 0 Å². The standard InChI is InChI=1S/C21H25FN4O3/c1-2-26(14-20(28)24-13-15-3-7-17(22)8-4-15)12-11-19(27)25-18-9-5-16(6-10-18)21(23)29/h3-10H,2,11-14H2,1H3,(H2,23,29)(H,24,28)(H,25,27). The summed E-state index contributed by atoms with van der Waals surface area (Å²) < 4.78 is 12.9. The van der Waals surface area contributed by atoms with Crippen LogP contribution < -0.4 is 16.4 Å². The molecule has 0 heterocycles. The van der Waals surface area contributed by atoms with Gasteiger partial charge in [-0.2, -0.15) is 0 Å². The van der Waals surface area contributed by atoms with E-state index in [0.717, 1.165) is 5.56 Å². The van der Waals surface area contributed by atoms with Crippen LogP contribution in [0.5, 0.6) is 0 Å². The number of anilines is 1. The third-order valence-corrected chi connectivity index (χ3v) is 4.33. The summed E-state index contributed by atoms with van der Waals surface area (Å²) in [6, 6.07) is 12.2. The molecule has 0 spiro atoms. The van der Waals surface area contributed by atoms with Gasteiger partial charge in [0, 0.05) is 30.8 Å². The minimum Gasteiger partial charge on any atom is -0.366 e. The van der Waals surface area contributed by atoms with E-state index in [1.807, 2.05) is 11.8 Å². The van der Waals surface area contributed by atoms with Gasteiger partial charge >= 0.3 is 0 Å². The van der Waals surface area contributed by atoms with Crippen molar-refractivity contribution in [2.75, 3.05) is 25.0 Å². The molecule has 0 bridgehead atoms. The van der Waals surface area contributed by atoms with Crippen molar-refractivity contribution < 1.29 is 18.8 Å². The van der Waals surface area contributed by atoms with Crippen LogP contribution in [0.15, 0.2) is 48.5 Å². The highest BCUT2D eigenvalue weighted by molar-refractivity contribution is 5.94. The molecular formula is C21H25FN4O3. The number of halogens is 1. The Morgan fingerprint density at radius 2 is 1.66 bits per heavy atom. The molecule has 0 fully saturated rings. The molecule has 0 aromatic heterocycles. The average molecular weight is 400 g/mol. The predicted octanol–water partition coefficient (Wildman–Crippen LogP) is 1.89. The third kappa shape index (κ3) is 7.71. The van der Waals surface area contributed by atoms with Crippen molar-refractivity contribution in [3.05, 3.63) is 65.5 Å². The van der Waals surface area contributed by atoms with Gasteiger partial charge in [-0.05, 0) is 48.5 Å². The van der Waals surface area contributed by atoms with Crippen LogP contribution in [0, 0.1) is 5.82 Å². The number of carbonyl (C=O) groups is 3. The van der Waals surface area contributed by atoms with Crippen molar-refractivity contribution in [3.8, 4) is 0 Å². The lowest BCUT2D eigenvalue weighted by Gasteiger charge is -2.19. The van der Waals surface area contributed by atoms with Gasteiger partial charge < -0.3 is 16.4 Å². The number of benzene rings is 2. The highest BCUT2D eigenvalue weighted by atomic mass is 19.1. The molecule has 0 unspecified atom stereocenters. The van der Waals surface area contributed by atoms with Gasteiger partial charge in [0.25, 0.3) is 0 Å². The monoisotopic (exact) mass is 400 g/mol. The number of rotatable bonds is 10. The van der Waals surface area contributed by atoms with Crippen molar-refractivity contribution >= 4 is 23.4 Å². The van der Waals surface area contributed by atoms with Crippen molar-refractivity contribution in [2.24, 2.45) is 5.73 Å². The van der Waals surface area contributed by atoms with Crippen LogP contribution in [-0.4, -0.2) is 42.3 Å². The van der Waals surface area contributed by atoms with Crippen LogP contribution in [0.3, 0.4) is 0 Å². The fourth-order valence-corrected chi connectivity index (χ4v) is 2.61. The normalized spacial score (nSPS) is 10.6. The van der Waals surface area contributed by atoms with Crippen LogP contribution in [0.4, 0.5) is 10.1 Å². The highest BCUT2D eigenvalue weighted by Crippen LogP contribution is 2.09. The molecule has 2 rings (SSSR count). The molecule has 0 saturated carbocycles. The molecule has 2 aromatic carbocycles. The number of hydrogen-bond acceptors (Lipinski definition) is 4. The van der Waals surface area contributed by atoms with Gasteiger partial charge in [-0.15, -0.1) is 0 Å². The molecule has 0 aliphatic heterocycles. The summed E-state index contributed by atoms with van der Waals surface area (Å²) in [6.07, 6.45) is 0.219. The zero-order valence-corrected chi connectivity index (χ0v) is 16.3. The SMILES string of the molecule is CCN(CCC(=O)Nc1ccc(C(N)=O)cc1)CC(=O)NCc1ccc(F)cc1. The van der Waals surface area contributed by atoms with Crippen molar-refractivity contribution in [3.63, 3.8) is 0 Å². The quantitative estimate of drug-likeness (QED) is 0.566. The molecule has 4 N–H and O–H groups in total. The second-order valence-corrected chi connectivity index (χ2v) is 6.51. The minimum absolute atomic E-state index is 0.165. The maximum atomic E-state index is 12.9. The largest absolute Gasteiger partial charge is 0.366 e. The molecule has 8 heteroatoms. The lowest BCUT2D eigenvalue weighted by Crippen LogP contribution is -2.38. The maximum absolute atomic E-state index is 12.9. The summed E-state index contributed by atoms with van der Waals surface area (Å²) in [6.45, 7) is 3.43. The second-order valence-electron chi connectivity index (χ2n) is 6.51. The number of nitrogens with zero attached hydrogens (tertiary/aromatic N) is 1. The zero-order chi connectivity index (χ0) is 21.2. The zero-order valence-electron chi connectivity index (χ0n) is 16.3. The second kappa shape index (κ2) is 10.9. The fourth-order valence-electron chi connectivity index (χ4n) is 2.61. The summed E-state index contributed by atoms with van der Waals surface area (Å²) in [5.41, 5.74) is 6.93. The molecule has 154 valence electrons. The number of nitrogens with one attached hydrogen (secondary N) is 2. The van der Waals surface area contributed by atoms with Gasteiger partial charge in [0.05, 0.1) is 6.54 Å². The topological polar surface area (TPSA) is 105 Å². The number of primary amides is 1. The molecule has 0 aliphatic rings. The molecule has 0 atom stereocenters. The van der Waals surface area contributed by atoms with E-state index in [1.165, 1.54) is 12.1 Å². The Morgan fingerprint density at radius 1 is 1.00 bits per heavy atom. The Balaban J connectivity index is 1.73. The molecule has 3 amide bonds. The van der Waals surface area contributed by atoms with Crippen LogP contribution in [0.25, 0.3) is 0 Å². The number of likely N-dealkylation sites (N-methyl/N-ethyl adjacent to an activating group) is 1. The Labute approximate surface area is 169 Å². The first-order valence-corrected chi connectivity index (χ1v) is 9.30. The van der Waals surface area contributed by atoms with E-state index in [2.05, 4.69) is 10.6 Å². The third-order valence-electron chi connectivity index (χ3n) is 4.33. The number of carbonyl (C=O) groups excluding carboxylic acids is 3. The lowest BCUT2D eigenvalue weighted by molar-refractivity contribution is -0.123. The molecule has 2 aromatic rings. The van der Waals surface area contributed by atoms with Crippen molar-refractivity contribution in [1.82, 2.24) is 10.2 Å². The van der Waals surface area contributed by atoms with E-state index in [-0.39, 0.29) is 30.6 Å². The average Bonchev–Trinajstić information content (AvgIpc) is 2.71. The predicted molar refractivity (Wildman–Crippen MR) is 109 cm³/mol. The summed E-state index contributed by atoms with van der Waals surface area (Å²) in [5, 5.41) is 5.53. The highest BCUT2D eigenvalue weighted by Gasteiger charge is 2.11. The van der Waals surface area contributed by atoms with E-state index in [0.29, 0.717) is 30.9 Å². The smallest absolute Gasteiger partial charge is 0.248 e. The van der Waals surface area contributed by atoms with Gasteiger partial charge in [-0.25, -0.2) is 4.39 Å². The van der Waals surface area contributed by atoms with Gasteiger partial charge in [-0.1, -0.05) is 19.1 Å². The molecule has 7 nitrogen and oxygen atoms in total. The first kappa shape index (κ1) is 22.0. The number of nitrogens with two attached hydrogens (primary N) is 1. The summed E-state index contributed by atoms with van der Waals surface area (Å²) >= 11 is 0. The Bertz CT molecular complexity index is 838. The first-order valence-electron chi connectivity index (χ1n) is 9.30. The molecule has 0 aliphatic carbocycles. The maximum Gasteiger partial charge on any atom is 0.248 e. The van der Waals surface area contributed by atoms with Crippen LogP contribution in [0.1, 0.15) is 29.3 Å². The van der Waals surface area contributed by atoms with E-state index in [9.17, 15) is 18.8 Å². The van der Waals surface area contributed by atoms with Crippen molar-refractivity contribution in [1.29, 1.82) is 0 Å². The van der Waals surface area contributed by atoms with Crippen molar-refractivity contribution in [2.45, 2.75) is 19.9 Å². The van der Waals surface area contributed by atoms with Gasteiger partial charge in [-0.3, -0.25) is 19.3 Å². The summed E-state index contributed by atoms with van der Waals surface area (Å²) in [7, 11) is 0. The minimum atomic E-state index is -0.529. The van der Waals surface area contributed by atoms with Crippen LogP contribution in [-0.2, 0) is 16.1 Å². The Morgan fingerprint density at radius 3 is 2.24 bits per heavy atom. The van der Waals surface area contributed by atoms with E-state index < -0.39 is 5.91 Å². The van der Waals surface area contributed by atoms with Crippen LogP contribution in [0.2, 0.25) is 0 Å². The number of hydrogen-bond donors (Lipinski definition) is 3. The Kier molecular flexibility index (Phi) is 8.29.